The molecule has 0 fully saturated rings. The van der Waals surface area contributed by atoms with E-state index in [1.54, 1.807) is 31.3 Å². The lowest BCUT2D eigenvalue weighted by Crippen LogP contribution is -2.25. The molecule has 1 atom stereocenters. The van der Waals surface area contributed by atoms with Crippen molar-refractivity contribution in [2.75, 3.05) is 0 Å². The monoisotopic (exact) mass is 511 g/mol. The fourth-order valence-corrected chi connectivity index (χ4v) is 3.98. The van der Waals surface area contributed by atoms with Crippen molar-refractivity contribution >= 4 is 28.3 Å². The smallest absolute Gasteiger partial charge is 0.344 e. The summed E-state index contributed by atoms with van der Waals surface area (Å²) in [5.41, 5.74) is -0.489. The van der Waals surface area contributed by atoms with Gasteiger partial charge in [-0.15, -0.1) is 5.10 Å². The molecule has 13 heteroatoms. The van der Waals surface area contributed by atoms with E-state index in [0.29, 0.717) is 5.69 Å². The van der Waals surface area contributed by atoms with E-state index in [0.717, 1.165) is 34.9 Å². The molecule has 4 aromatic rings. The fourth-order valence-electron chi connectivity index (χ4n) is 3.21. The van der Waals surface area contributed by atoms with Gasteiger partial charge in [0, 0.05) is 17.8 Å². The molecule has 0 saturated carbocycles. The zero-order valence-electron chi connectivity index (χ0n) is 17.7. The van der Waals surface area contributed by atoms with Crippen LogP contribution in [0.15, 0.2) is 54.7 Å². The van der Waals surface area contributed by atoms with Crippen LogP contribution in [0.5, 0.6) is 0 Å². The van der Waals surface area contributed by atoms with Crippen LogP contribution in [0.4, 0.5) is 26.3 Å². The average Bonchev–Trinajstić information content (AvgIpc) is 3.36. The Hall–Kier alpha value is -3.74. The van der Waals surface area contributed by atoms with E-state index in [4.69, 9.17) is 0 Å². The van der Waals surface area contributed by atoms with E-state index in [-0.39, 0.29) is 33.2 Å². The Morgan fingerprint density at radius 3 is 2.51 bits per heavy atom. The molecule has 0 saturated heterocycles. The summed E-state index contributed by atoms with van der Waals surface area (Å²) in [5.74, 6) is -0.598. The number of nitrogens with zero attached hydrogens (tertiary/aromatic N) is 4. The van der Waals surface area contributed by atoms with E-state index in [9.17, 15) is 31.1 Å². The maximum absolute atomic E-state index is 13.2. The number of imidazole rings is 1. The molecule has 1 unspecified atom stereocenters. The molecule has 0 aliphatic rings. The predicted octanol–water partition coefficient (Wildman–Crippen LogP) is 5.78. The number of benzene rings is 1. The highest BCUT2D eigenvalue weighted by molar-refractivity contribution is 7.16. The Balaban J connectivity index is 1.73. The summed E-state index contributed by atoms with van der Waals surface area (Å²) in [6.07, 6.45) is -5.61. The van der Waals surface area contributed by atoms with Gasteiger partial charge in [0.2, 0.25) is 15.9 Å². The first-order chi connectivity index (χ1) is 16.4. The molecule has 0 radical (unpaired) electrons. The lowest BCUT2D eigenvalue weighted by molar-refractivity contribution is -0.138. The second-order valence-electron chi connectivity index (χ2n) is 7.34. The number of carbonyl (C=O) groups excluding carboxylic acids is 1. The number of rotatable bonds is 5. The summed E-state index contributed by atoms with van der Waals surface area (Å²) in [5, 5.41) is 5.00. The second kappa shape index (κ2) is 9.13. The van der Waals surface area contributed by atoms with Gasteiger partial charge in [-0.1, -0.05) is 29.5 Å². The number of fused-ring (bicyclic) bond motifs is 1. The first kappa shape index (κ1) is 24.4. The van der Waals surface area contributed by atoms with Gasteiger partial charge >= 0.3 is 12.4 Å². The number of amides is 1. The number of hydrogen-bond donors (Lipinski definition) is 1. The molecule has 1 aromatic carbocycles. The summed E-state index contributed by atoms with van der Waals surface area (Å²) >= 11 is 0.237. The number of carbonyl (C=O) groups is 1. The van der Waals surface area contributed by atoms with E-state index in [1.807, 2.05) is 0 Å². The Morgan fingerprint density at radius 2 is 1.86 bits per heavy atom. The molecular formula is C22H15F6N5OS. The number of nitrogens with one attached hydrogen (secondary N) is 1. The van der Waals surface area contributed by atoms with Crippen LogP contribution in [0.3, 0.4) is 0 Å². The molecule has 0 bridgehead atoms. The van der Waals surface area contributed by atoms with Gasteiger partial charge in [-0.3, -0.25) is 9.78 Å². The maximum atomic E-state index is 13.2. The van der Waals surface area contributed by atoms with Crippen LogP contribution in [-0.4, -0.2) is 25.5 Å². The Kier molecular flexibility index (Phi) is 6.36. The number of pyridine rings is 1. The van der Waals surface area contributed by atoms with Gasteiger partial charge in [0.15, 0.2) is 0 Å². The summed E-state index contributed by atoms with van der Waals surface area (Å²) in [7, 11) is 0. The van der Waals surface area contributed by atoms with Crippen molar-refractivity contribution in [3.05, 3.63) is 76.7 Å². The third-order valence-electron chi connectivity index (χ3n) is 4.83. The van der Waals surface area contributed by atoms with Crippen molar-refractivity contribution in [2.24, 2.45) is 0 Å². The van der Waals surface area contributed by atoms with Crippen molar-refractivity contribution in [3.8, 4) is 11.3 Å². The van der Waals surface area contributed by atoms with Gasteiger partial charge in [0.1, 0.15) is 0 Å². The molecule has 6 nitrogen and oxygen atoms in total. The van der Waals surface area contributed by atoms with Gasteiger partial charge < -0.3 is 5.32 Å². The summed E-state index contributed by atoms with van der Waals surface area (Å²) < 4.78 is 79.9. The van der Waals surface area contributed by atoms with E-state index < -0.39 is 34.9 Å². The average molecular weight is 511 g/mol. The molecule has 3 aromatic heterocycles. The first-order valence-corrected chi connectivity index (χ1v) is 10.8. The van der Waals surface area contributed by atoms with E-state index in [1.165, 1.54) is 6.07 Å². The van der Waals surface area contributed by atoms with Crippen LogP contribution in [0.25, 0.3) is 22.3 Å². The van der Waals surface area contributed by atoms with Crippen molar-refractivity contribution in [1.82, 2.24) is 24.9 Å². The third kappa shape index (κ3) is 5.34. The number of alkyl halides is 6. The molecular weight excluding hydrogens is 496 g/mol. The summed E-state index contributed by atoms with van der Waals surface area (Å²) in [4.78, 5) is 20.5. The first-order valence-electron chi connectivity index (χ1n) is 9.97. The van der Waals surface area contributed by atoms with Crippen LogP contribution < -0.4 is 5.32 Å². The van der Waals surface area contributed by atoms with Crippen LogP contribution in [-0.2, 0) is 17.1 Å². The molecule has 182 valence electrons. The fraction of sp³-hybridized carbons (Fsp3) is 0.182. The number of halogens is 6. The largest absolute Gasteiger partial charge is 0.445 e. The Labute approximate surface area is 198 Å². The quantitative estimate of drug-likeness (QED) is 0.272. The molecule has 0 aliphatic heterocycles. The second-order valence-corrected chi connectivity index (χ2v) is 8.30. The summed E-state index contributed by atoms with van der Waals surface area (Å²) in [6, 6.07) is 8.88. The SMILES string of the molecule is CC(NC(=O)C=Cc1c(-c2cccc(C(F)(F)F)c2)nc2sc(C(F)(F)F)nn12)c1ccccn1. The minimum atomic E-state index is -4.74. The molecule has 4 rings (SSSR count). The molecule has 0 spiro atoms. The van der Waals surface area contributed by atoms with Crippen LogP contribution >= 0.6 is 11.3 Å². The highest BCUT2D eigenvalue weighted by Crippen LogP contribution is 2.37. The van der Waals surface area contributed by atoms with Crippen molar-refractivity contribution < 1.29 is 31.1 Å². The van der Waals surface area contributed by atoms with Gasteiger partial charge in [-0.25, -0.2) is 9.50 Å². The van der Waals surface area contributed by atoms with Gasteiger partial charge in [0.05, 0.1) is 28.7 Å². The molecule has 0 aliphatic carbocycles. The Morgan fingerprint density at radius 1 is 1.09 bits per heavy atom. The number of aromatic nitrogens is 4. The molecule has 3 heterocycles. The summed E-state index contributed by atoms with van der Waals surface area (Å²) in [6.45, 7) is 1.69. The predicted molar refractivity (Wildman–Crippen MR) is 116 cm³/mol. The zero-order valence-corrected chi connectivity index (χ0v) is 18.5. The minimum absolute atomic E-state index is 0.00740. The standard InChI is InChI=1S/C22H15F6N5OS/c1-12(15-7-2-3-10-29-15)30-17(34)9-8-16-18(13-5-4-6-14(11-13)21(23,24)25)31-20-33(16)32-19(35-20)22(26,27)28/h2-12H,1H3,(H,30,34). The Bertz CT molecular complexity index is 1390. The molecule has 1 amide bonds. The minimum Gasteiger partial charge on any atom is -0.344 e. The van der Waals surface area contributed by atoms with Crippen LogP contribution in [0.1, 0.15) is 34.9 Å². The van der Waals surface area contributed by atoms with E-state index in [2.05, 4.69) is 20.4 Å². The lowest BCUT2D eigenvalue weighted by Gasteiger charge is -2.11. The van der Waals surface area contributed by atoms with Crippen LogP contribution in [0, 0.1) is 0 Å². The lowest BCUT2D eigenvalue weighted by atomic mass is 10.1. The molecule has 35 heavy (non-hydrogen) atoms. The molecule has 1 N–H and O–H groups in total. The highest BCUT2D eigenvalue weighted by atomic mass is 32.1. The van der Waals surface area contributed by atoms with Crippen LogP contribution in [0.2, 0.25) is 0 Å². The number of hydrogen-bond acceptors (Lipinski definition) is 5. The van der Waals surface area contributed by atoms with Gasteiger partial charge in [-0.05, 0) is 37.3 Å². The zero-order chi connectivity index (χ0) is 25.4. The van der Waals surface area contributed by atoms with Gasteiger partial charge in [-0.2, -0.15) is 26.3 Å². The topological polar surface area (TPSA) is 72.2 Å². The maximum Gasteiger partial charge on any atom is 0.445 e. The third-order valence-corrected chi connectivity index (χ3v) is 5.78. The van der Waals surface area contributed by atoms with Crippen molar-refractivity contribution in [3.63, 3.8) is 0 Å². The van der Waals surface area contributed by atoms with Crippen molar-refractivity contribution in [2.45, 2.75) is 25.3 Å². The van der Waals surface area contributed by atoms with Gasteiger partial charge in [0.25, 0.3) is 0 Å². The van der Waals surface area contributed by atoms with Crippen molar-refractivity contribution in [1.29, 1.82) is 0 Å². The normalized spacial score (nSPS) is 13.5. The van der Waals surface area contributed by atoms with E-state index >= 15 is 0 Å². The highest BCUT2D eigenvalue weighted by Gasteiger charge is 2.37.